The topological polar surface area (TPSA) is 29.1 Å². The first-order chi connectivity index (χ1) is 11.4. The molecule has 0 radical (unpaired) electrons. The molecule has 0 aliphatic carbocycles. The van der Waals surface area contributed by atoms with E-state index in [0.717, 1.165) is 12.1 Å². The lowest BCUT2D eigenvalue weighted by Gasteiger charge is -2.06. The fourth-order valence-electron chi connectivity index (χ4n) is 2.04. The van der Waals surface area contributed by atoms with E-state index in [1.165, 1.54) is 30.4 Å². The van der Waals surface area contributed by atoms with Crippen LogP contribution in [-0.4, -0.2) is 12.5 Å². The second-order valence-electron chi connectivity index (χ2n) is 5.09. The minimum absolute atomic E-state index is 0.261. The molecule has 6 heteroatoms. The molecule has 2 rings (SSSR count). The third-order valence-corrected chi connectivity index (χ3v) is 3.32. The van der Waals surface area contributed by atoms with Crippen LogP contribution >= 0.6 is 0 Å². The number of rotatable bonds is 5. The van der Waals surface area contributed by atoms with E-state index >= 15 is 0 Å². The van der Waals surface area contributed by atoms with Gasteiger partial charge in [-0.25, -0.2) is 4.39 Å². The highest BCUT2D eigenvalue weighted by Crippen LogP contribution is 2.29. The quantitative estimate of drug-likeness (QED) is 0.642. The summed E-state index contributed by atoms with van der Waals surface area (Å²) in [6, 6.07) is 10.8. The normalized spacial score (nSPS) is 11.7. The smallest absolute Gasteiger partial charge is 0.352 e. The number of amides is 1. The average molecular weight is 337 g/mol. The number of carbonyl (C=O) groups is 1. The Morgan fingerprint density at radius 1 is 1.04 bits per heavy atom. The maximum absolute atomic E-state index is 13.4. The van der Waals surface area contributed by atoms with Crippen molar-refractivity contribution >= 4 is 12.0 Å². The molecule has 0 aliphatic rings. The van der Waals surface area contributed by atoms with Gasteiger partial charge in [0.25, 0.3) is 0 Å². The van der Waals surface area contributed by atoms with Gasteiger partial charge in [-0.3, -0.25) is 4.79 Å². The van der Waals surface area contributed by atoms with E-state index in [0.29, 0.717) is 17.5 Å². The molecule has 0 aliphatic heterocycles. The molecule has 1 N–H and O–H groups in total. The summed E-state index contributed by atoms with van der Waals surface area (Å²) in [6.07, 6.45) is -1.39. The predicted molar refractivity (Wildman–Crippen MR) is 83.6 cm³/mol. The van der Waals surface area contributed by atoms with Gasteiger partial charge in [0.05, 0.1) is 5.56 Å². The lowest BCUT2D eigenvalue weighted by molar-refractivity contribution is -0.137. The van der Waals surface area contributed by atoms with Gasteiger partial charge in [0.2, 0.25) is 5.91 Å². The van der Waals surface area contributed by atoms with Gasteiger partial charge < -0.3 is 5.32 Å². The third kappa shape index (κ3) is 5.22. The van der Waals surface area contributed by atoms with E-state index in [-0.39, 0.29) is 12.4 Å². The Hall–Kier alpha value is -2.63. The molecule has 24 heavy (non-hydrogen) atoms. The summed E-state index contributed by atoms with van der Waals surface area (Å²) >= 11 is 0. The van der Waals surface area contributed by atoms with Gasteiger partial charge in [0.15, 0.2) is 0 Å². The zero-order chi connectivity index (χ0) is 17.6. The van der Waals surface area contributed by atoms with E-state index in [1.807, 2.05) is 0 Å². The fourth-order valence-corrected chi connectivity index (χ4v) is 2.04. The summed E-state index contributed by atoms with van der Waals surface area (Å²) < 4.78 is 50.7. The molecule has 0 fully saturated rings. The van der Waals surface area contributed by atoms with Crippen LogP contribution in [0.3, 0.4) is 0 Å². The lowest BCUT2D eigenvalue weighted by Crippen LogP contribution is -2.23. The standard InChI is InChI=1S/C18H15F4NO/c19-16-4-2-1-3-14(16)11-12-23-17(24)10-7-13-5-8-15(9-6-13)18(20,21)22/h1-10H,11-12H2,(H,23,24)/b10-7+. The minimum atomic E-state index is -4.38. The van der Waals surface area contributed by atoms with Gasteiger partial charge in [-0.2, -0.15) is 13.2 Å². The number of hydrogen-bond acceptors (Lipinski definition) is 1. The molecule has 2 nitrogen and oxygen atoms in total. The molecule has 0 spiro atoms. The highest BCUT2D eigenvalue weighted by Gasteiger charge is 2.29. The summed E-state index contributed by atoms with van der Waals surface area (Å²) in [5, 5.41) is 2.59. The van der Waals surface area contributed by atoms with E-state index in [2.05, 4.69) is 5.32 Å². The molecule has 126 valence electrons. The lowest BCUT2D eigenvalue weighted by atomic mass is 10.1. The van der Waals surface area contributed by atoms with Crippen molar-refractivity contribution in [3.63, 3.8) is 0 Å². The molecule has 0 unspecified atom stereocenters. The number of hydrogen-bond donors (Lipinski definition) is 1. The van der Waals surface area contributed by atoms with Crippen molar-refractivity contribution in [1.82, 2.24) is 5.32 Å². The second-order valence-corrected chi connectivity index (χ2v) is 5.09. The Labute approximate surface area is 136 Å². The Balaban J connectivity index is 1.83. The summed E-state index contributed by atoms with van der Waals surface area (Å²) in [5.41, 5.74) is 0.241. The molecule has 0 saturated carbocycles. The molecule has 0 aromatic heterocycles. The highest BCUT2D eigenvalue weighted by molar-refractivity contribution is 5.91. The molecule has 2 aromatic carbocycles. The van der Waals surface area contributed by atoms with Crippen LogP contribution in [0.2, 0.25) is 0 Å². The third-order valence-electron chi connectivity index (χ3n) is 3.32. The Morgan fingerprint density at radius 3 is 2.33 bits per heavy atom. The molecule has 2 aromatic rings. The summed E-state index contributed by atoms with van der Waals surface area (Å²) in [6.45, 7) is 0.261. The Bertz CT molecular complexity index is 721. The van der Waals surface area contributed by atoms with Gasteiger partial charge in [0, 0.05) is 12.6 Å². The van der Waals surface area contributed by atoms with Crippen molar-refractivity contribution in [3.05, 3.63) is 77.1 Å². The minimum Gasteiger partial charge on any atom is -0.352 e. The molecule has 0 saturated heterocycles. The van der Waals surface area contributed by atoms with Crippen molar-refractivity contribution < 1.29 is 22.4 Å². The zero-order valence-corrected chi connectivity index (χ0v) is 12.6. The maximum Gasteiger partial charge on any atom is 0.416 e. The van der Waals surface area contributed by atoms with Crippen molar-refractivity contribution in [2.75, 3.05) is 6.54 Å². The molecular formula is C18H15F4NO. The van der Waals surface area contributed by atoms with Crippen LogP contribution < -0.4 is 5.32 Å². The first-order valence-electron chi connectivity index (χ1n) is 7.23. The molecular weight excluding hydrogens is 322 g/mol. The SMILES string of the molecule is O=C(/C=C/c1ccc(C(F)(F)F)cc1)NCCc1ccccc1F. The van der Waals surface area contributed by atoms with E-state index in [9.17, 15) is 22.4 Å². The highest BCUT2D eigenvalue weighted by atomic mass is 19.4. The summed E-state index contributed by atoms with van der Waals surface area (Å²) in [4.78, 5) is 11.6. The van der Waals surface area contributed by atoms with Gasteiger partial charge in [0.1, 0.15) is 5.82 Å². The average Bonchev–Trinajstić information content (AvgIpc) is 2.54. The van der Waals surface area contributed by atoms with Crippen molar-refractivity contribution in [3.8, 4) is 0 Å². The summed E-state index contributed by atoms with van der Waals surface area (Å²) in [5.74, 6) is -0.724. The number of nitrogens with one attached hydrogen (secondary N) is 1. The predicted octanol–water partition coefficient (Wildman–Crippen LogP) is 4.22. The second kappa shape index (κ2) is 7.77. The largest absolute Gasteiger partial charge is 0.416 e. The Morgan fingerprint density at radius 2 is 1.71 bits per heavy atom. The zero-order valence-electron chi connectivity index (χ0n) is 12.6. The van der Waals surface area contributed by atoms with Crippen LogP contribution in [0.25, 0.3) is 6.08 Å². The van der Waals surface area contributed by atoms with Gasteiger partial charge in [-0.15, -0.1) is 0 Å². The van der Waals surface area contributed by atoms with Crippen LogP contribution in [0.4, 0.5) is 17.6 Å². The first kappa shape index (κ1) is 17.7. The van der Waals surface area contributed by atoms with Crippen molar-refractivity contribution in [1.29, 1.82) is 0 Å². The van der Waals surface area contributed by atoms with E-state index < -0.39 is 17.6 Å². The Kier molecular flexibility index (Phi) is 5.73. The van der Waals surface area contributed by atoms with Crippen LogP contribution in [0.1, 0.15) is 16.7 Å². The fraction of sp³-hybridized carbons (Fsp3) is 0.167. The van der Waals surface area contributed by atoms with Crippen molar-refractivity contribution in [2.45, 2.75) is 12.6 Å². The van der Waals surface area contributed by atoms with Crippen LogP contribution in [0.15, 0.2) is 54.6 Å². The van der Waals surface area contributed by atoms with Crippen LogP contribution in [-0.2, 0) is 17.4 Å². The van der Waals surface area contributed by atoms with Crippen molar-refractivity contribution in [2.24, 2.45) is 0 Å². The molecule has 1 amide bonds. The van der Waals surface area contributed by atoms with Crippen LogP contribution in [0.5, 0.6) is 0 Å². The molecule has 0 heterocycles. The van der Waals surface area contributed by atoms with E-state index in [4.69, 9.17) is 0 Å². The first-order valence-corrected chi connectivity index (χ1v) is 7.23. The number of halogens is 4. The van der Waals surface area contributed by atoms with Gasteiger partial charge >= 0.3 is 6.18 Å². The maximum atomic E-state index is 13.4. The van der Waals surface area contributed by atoms with Gasteiger partial charge in [-0.05, 0) is 41.8 Å². The number of benzene rings is 2. The van der Waals surface area contributed by atoms with Gasteiger partial charge in [-0.1, -0.05) is 30.3 Å². The summed E-state index contributed by atoms with van der Waals surface area (Å²) in [7, 11) is 0. The van der Waals surface area contributed by atoms with E-state index in [1.54, 1.807) is 18.2 Å². The van der Waals surface area contributed by atoms with Crippen LogP contribution in [0, 0.1) is 5.82 Å². The number of carbonyl (C=O) groups excluding carboxylic acids is 1. The molecule has 0 bridgehead atoms. The molecule has 0 atom stereocenters. The number of alkyl halides is 3. The monoisotopic (exact) mass is 337 g/mol.